The molecule has 1 fully saturated rings. The molecule has 148 valence electrons. The first-order valence-electron chi connectivity index (χ1n) is 10.4. The van der Waals surface area contributed by atoms with Crippen molar-refractivity contribution in [2.24, 2.45) is 0 Å². The molecule has 0 radical (unpaired) electrons. The van der Waals surface area contributed by atoms with Gasteiger partial charge in [0.1, 0.15) is 12.4 Å². The molecule has 1 saturated heterocycles. The summed E-state index contributed by atoms with van der Waals surface area (Å²) in [4.78, 5) is 2.57. The van der Waals surface area contributed by atoms with Crippen LogP contribution in [0, 0.1) is 0 Å². The van der Waals surface area contributed by atoms with Gasteiger partial charge in [0.15, 0.2) is 0 Å². The molecule has 5 rings (SSSR count). The maximum atomic E-state index is 5.92. The highest BCUT2D eigenvalue weighted by Crippen LogP contribution is 2.32. The number of anilines is 2. The topological polar surface area (TPSA) is 36.5 Å². The normalized spacial score (nSPS) is 20.3. The molecular formula is C25H27N3O. The van der Waals surface area contributed by atoms with Gasteiger partial charge in [-0.15, -0.1) is 0 Å². The molecule has 0 amide bonds. The van der Waals surface area contributed by atoms with Crippen LogP contribution in [0.25, 0.3) is 0 Å². The fourth-order valence-corrected chi connectivity index (χ4v) is 4.33. The van der Waals surface area contributed by atoms with Crippen LogP contribution < -0.4 is 20.3 Å². The van der Waals surface area contributed by atoms with Crippen LogP contribution in [-0.2, 0) is 13.0 Å². The molecule has 2 N–H and O–H groups in total. The van der Waals surface area contributed by atoms with E-state index in [2.05, 4.69) is 76.2 Å². The predicted molar refractivity (Wildman–Crippen MR) is 119 cm³/mol. The fourth-order valence-electron chi connectivity index (χ4n) is 4.33. The lowest BCUT2D eigenvalue weighted by atomic mass is 9.99. The van der Waals surface area contributed by atoms with Crippen molar-refractivity contribution in [2.75, 3.05) is 29.9 Å². The molecule has 0 aromatic heterocycles. The SMILES string of the molecule is c1ccc(COc2ccc(C[C@H]3CN4c5ccccc5NC[C@H]4CN3)cc2)cc1. The number of hydrogen-bond acceptors (Lipinski definition) is 4. The van der Waals surface area contributed by atoms with E-state index < -0.39 is 0 Å². The average molecular weight is 386 g/mol. The largest absolute Gasteiger partial charge is 0.489 e. The summed E-state index contributed by atoms with van der Waals surface area (Å²) < 4.78 is 5.92. The van der Waals surface area contributed by atoms with E-state index in [9.17, 15) is 0 Å². The van der Waals surface area contributed by atoms with Crippen molar-refractivity contribution < 1.29 is 4.74 Å². The van der Waals surface area contributed by atoms with Gasteiger partial charge in [-0.1, -0.05) is 54.6 Å². The van der Waals surface area contributed by atoms with E-state index >= 15 is 0 Å². The van der Waals surface area contributed by atoms with E-state index in [4.69, 9.17) is 4.74 Å². The van der Waals surface area contributed by atoms with Gasteiger partial charge in [-0.25, -0.2) is 0 Å². The summed E-state index contributed by atoms with van der Waals surface area (Å²) in [5, 5.41) is 7.31. The van der Waals surface area contributed by atoms with Crippen LogP contribution in [0.1, 0.15) is 11.1 Å². The molecule has 4 nitrogen and oxygen atoms in total. The van der Waals surface area contributed by atoms with Gasteiger partial charge in [0.2, 0.25) is 0 Å². The lowest BCUT2D eigenvalue weighted by Gasteiger charge is -2.45. The summed E-state index contributed by atoms with van der Waals surface area (Å²) in [6.45, 7) is 3.66. The fraction of sp³-hybridized carbons (Fsp3) is 0.280. The third-order valence-corrected chi connectivity index (χ3v) is 5.90. The number of piperazine rings is 1. The van der Waals surface area contributed by atoms with Crippen molar-refractivity contribution >= 4 is 11.4 Å². The number of hydrogen-bond donors (Lipinski definition) is 2. The van der Waals surface area contributed by atoms with Crippen molar-refractivity contribution in [2.45, 2.75) is 25.1 Å². The second-order valence-corrected chi connectivity index (χ2v) is 7.93. The number of fused-ring (bicyclic) bond motifs is 3. The third-order valence-electron chi connectivity index (χ3n) is 5.90. The molecule has 29 heavy (non-hydrogen) atoms. The number of nitrogens with one attached hydrogen (secondary N) is 2. The molecule has 0 saturated carbocycles. The van der Waals surface area contributed by atoms with Crippen molar-refractivity contribution in [3.8, 4) is 5.75 Å². The van der Waals surface area contributed by atoms with Gasteiger partial charge in [-0.2, -0.15) is 0 Å². The second kappa shape index (κ2) is 8.18. The summed E-state index contributed by atoms with van der Waals surface area (Å²) in [7, 11) is 0. The van der Waals surface area contributed by atoms with Gasteiger partial charge in [0.25, 0.3) is 0 Å². The summed E-state index contributed by atoms with van der Waals surface area (Å²) in [6.07, 6.45) is 1.03. The van der Waals surface area contributed by atoms with Gasteiger partial charge in [0, 0.05) is 25.7 Å². The van der Waals surface area contributed by atoms with Crippen molar-refractivity contribution in [1.82, 2.24) is 5.32 Å². The Bertz CT molecular complexity index is 942. The standard InChI is InChI=1S/C25H27N3O/c1-2-6-20(7-3-1)18-29-23-12-10-19(11-13-23)14-21-17-28-22(15-26-21)16-27-24-8-4-5-9-25(24)28/h1-13,21-22,26-27H,14-18H2/t21-,22+/m0/s1. The Labute approximate surface area is 172 Å². The summed E-state index contributed by atoms with van der Waals surface area (Å²) in [5.41, 5.74) is 5.12. The van der Waals surface area contributed by atoms with Gasteiger partial charge in [-0.05, 0) is 41.8 Å². The van der Waals surface area contributed by atoms with E-state index in [1.165, 1.54) is 22.5 Å². The van der Waals surface area contributed by atoms with Crippen LogP contribution in [0.5, 0.6) is 5.75 Å². The first-order chi connectivity index (χ1) is 14.3. The van der Waals surface area contributed by atoms with Crippen LogP contribution >= 0.6 is 0 Å². The van der Waals surface area contributed by atoms with Gasteiger partial charge < -0.3 is 20.3 Å². The summed E-state index contributed by atoms with van der Waals surface area (Å²) in [6, 6.07) is 28.5. The molecule has 0 bridgehead atoms. The Hall–Kier alpha value is -2.98. The molecule has 2 heterocycles. The molecule has 4 heteroatoms. The zero-order valence-corrected chi connectivity index (χ0v) is 16.6. The van der Waals surface area contributed by atoms with Crippen LogP contribution in [-0.4, -0.2) is 31.7 Å². The highest BCUT2D eigenvalue weighted by Gasteiger charge is 2.31. The first-order valence-corrected chi connectivity index (χ1v) is 10.4. The van der Waals surface area contributed by atoms with E-state index in [0.717, 1.165) is 31.8 Å². The quantitative estimate of drug-likeness (QED) is 0.694. The van der Waals surface area contributed by atoms with E-state index in [0.29, 0.717) is 18.7 Å². The Morgan fingerprint density at radius 1 is 0.828 bits per heavy atom. The molecule has 2 aliphatic heterocycles. The molecule has 0 unspecified atom stereocenters. The minimum absolute atomic E-state index is 0.452. The second-order valence-electron chi connectivity index (χ2n) is 7.93. The summed E-state index contributed by atoms with van der Waals surface area (Å²) >= 11 is 0. The summed E-state index contributed by atoms with van der Waals surface area (Å²) in [5.74, 6) is 0.922. The average Bonchev–Trinajstić information content (AvgIpc) is 2.79. The maximum absolute atomic E-state index is 5.92. The van der Waals surface area contributed by atoms with Gasteiger partial charge in [-0.3, -0.25) is 0 Å². The third kappa shape index (κ3) is 4.08. The maximum Gasteiger partial charge on any atom is 0.119 e. The molecule has 0 spiro atoms. The van der Waals surface area contributed by atoms with Crippen molar-refractivity contribution in [3.63, 3.8) is 0 Å². The van der Waals surface area contributed by atoms with Crippen molar-refractivity contribution in [3.05, 3.63) is 90.0 Å². The Kier molecular flexibility index (Phi) is 5.10. The zero-order chi connectivity index (χ0) is 19.5. The highest BCUT2D eigenvalue weighted by molar-refractivity contribution is 5.73. The van der Waals surface area contributed by atoms with Crippen LogP contribution in [0.4, 0.5) is 11.4 Å². The van der Waals surface area contributed by atoms with E-state index in [1.807, 2.05) is 18.2 Å². The number of rotatable bonds is 5. The van der Waals surface area contributed by atoms with Crippen LogP contribution in [0.3, 0.4) is 0 Å². The first kappa shape index (κ1) is 18.1. The van der Waals surface area contributed by atoms with Crippen LogP contribution in [0.2, 0.25) is 0 Å². The van der Waals surface area contributed by atoms with Gasteiger partial charge >= 0.3 is 0 Å². The molecular weight excluding hydrogens is 358 g/mol. The smallest absolute Gasteiger partial charge is 0.119 e. The molecule has 3 aromatic carbocycles. The molecule has 0 aliphatic carbocycles. The predicted octanol–water partition coefficient (Wildman–Crippen LogP) is 4.08. The number of ether oxygens (including phenoxy) is 1. The number of para-hydroxylation sites is 2. The van der Waals surface area contributed by atoms with Crippen LogP contribution in [0.15, 0.2) is 78.9 Å². The Morgan fingerprint density at radius 2 is 1.62 bits per heavy atom. The van der Waals surface area contributed by atoms with E-state index in [-0.39, 0.29) is 0 Å². The molecule has 3 aromatic rings. The lowest BCUT2D eigenvalue weighted by Crippen LogP contribution is -2.60. The Balaban J connectivity index is 1.20. The minimum atomic E-state index is 0.452. The monoisotopic (exact) mass is 385 g/mol. The highest BCUT2D eigenvalue weighted by atomic mass is 16.5. The number of nitrogens with zero attached hydrogens (tertiary/aromatic N) is 1. The molecule has 2 atom stereocenters. The van der Waals surface area contributed by atoms with Crippen molar-refractivity contribution in [1.29, 1.82) is 0 Å². The lowest BCUT2D eigenvalue weighted by molar-refractivity contribution is 0.306. The minimum Gasteiger partial charge on any atom is -0.489 e. The Morgan fingerprint density at radius 3 is 2.48 bits per heavy atom. The number of benzene rings is 3. The zero-order valence-electron chi connectivity index (χ0n) is 16.6. The molecule has 2 aliphatic rings. The van der Waals surface area contributed by atoms with Gasteiger partial charge in [0.05, 0.1) is 17.4 Å². The van der Waals surface area contributed by atoms with E-state index in [1.54, 1.807) is 0 Å².